The maximum atomic E-state index is 14.1. The number of hydrogen-bond donors (Lipinski definition) is 2. The van der Waals surface area contributed by atoms with Crippen molar-refractivity contribution < 1.29 is 23.5 Å². The Kier molecular flexibility index (Phi) is 5.36. The van der Waals surface area contributed by atoms with Gasteiger partial charge in [0, 0.05) is 0 Å². The van der Waals surface area contributed by atoms with E-state index in [1.54, 1.807) is 12.1 Å². The van der Waals surface area contributed by atoms with Gasteiger partial charge in [0.15, 0.2) is 17.2 Å². The van der Waals surface area contributed by atoms with Gasteiger partial charge >= 0.3 is 5.97 Å². The maximum absolute atomic E-state index is 14.1. The van der Waals surface area contributed by atoms with Gasteiger partial charge in [-0.1, -0.05) is 45.0 Å². The highest BCUT2D eigenvalue weighted by Gasteiger charge is 2.37. The summed E-state index contributed by atoms with van der Waals surface area (Å²) in [7, 11) is 0. The molecule has 0 aliphatic carbocycles. The van der Waals surface area contributed by atoms with Crippen molar-refractivity contribution in [2.45, 2.75) is 45.2 Å². The van der Waals surface area contributed by atoms with Crippen molar-refractivity contribution in [1.29, 1.82) is 0 Å². The molecule has 158 valence electrons. The van der Waals surface area contributed by atoms with Gasteiger partial charge in [-0.2, -0.15) is 0 Å². The van der Waals surface area contributed by atoms with E-state index in [0.717, 1.165) is 16.2 Å². The number of fused-ring (bicyclic) bond motifs is 1. The van der Waals surface area contributed by atoms with E-state index in [1.165, 1.54) is 19.3 Å². The fourth-order valence-corrected chi connectivity index (χ4v) is 3.24. The topological polar surface area (TPSA) is 84.2 Å². The molecule has 0 spiro atoms. The number of halogens is 2. The third kappa shape index (κ3) is 3.90. The first-order valence-electron chi connectivity index (χ1n) is 9.38. The third-order valence-electron chi connectivity index (χ3n) is 5.13. The fraction of sp³-hybridized carbons (Fsp3) is 0.318. The SMILES string of the molecule is CC(C)(C)c1ccc(C(C)(NC(=O)Cn2cnc3ccc(F)c(F)c32)C(=O)O)cc1. The molecule has 1 aromatic heterocycles. The predicted octanol–water partition coefficient (Wildman–Crippen LogP) is 3.73. The number of amides is 1. The number of imidazole rings is 1. The lowest BCUT2D eigenvalue weighted by atomic mass is 9.84. The Bertz CT molecular complexity index is 1120. The maximum Gasteiger partial charge on any atom is 0.333 e. The molecule has 0 fully saturated rings. The first-order chi connectivity index (χ1) is 13.9. The van der Waals surface area contributed by atoms with Crippen LogP contribution in [0.15, 0.2) is 42.7 Å². The van der Waals surface area contributed by atoms with Gasteiger partial charge in [-0.3, -0.25) is 4.79 Å². The molecule has 30 heavy (non-hydrogen) atoms. The minimum Gasteiger partial charge on any atom is -0.479 e. The Labute approximate surface area is 172 Å². The molecular weight excluding hydrogens is 392 g/mol. The largest absolute Gasteiger partial charge is 0.479 e. The monoisotopic (exact) mass is 415 g/mol. The van der Waals surface area contributed by atoms with Crippen molar-refractivity contribution in [2.75, 3.05) is 0 Å². The number of carboxylic acids is 1. The van der Waals surface area contributed by atoms with Crippen LogP contribution in [-0.4, -0.2) is 26.5 Å². The molecule has 1 unspecified atom stereocenters. The summed E-state index contributed by atoms with van der Waals surface area (Å²) in [5, 5.41) is 12.3. The van der Waals surface area contributed by atoms with Crippen LogP contribution in [0.1, 0.15) is 38.8 Å². The van der Waals surface area contributed by atoms with Gasteiger partial charge < -0.3 is 15.0 Å². The van der Waals surface area contributed by atoms with Crippen LogP contribution in [0.4, 0.5) is 8.78 Å². The molecule has 0 radical (unpaired) electrons. The Balaban J connectivity index is 1.88. The molecular formula is C22H23F2N3O3. The van der Waals surface area contributed by atoms with Crippen molar-refractivity contribution in [3.63, 3.8) is 0 Å². The number of benzene rings is 2. The molecule has 8 heteroatoms. The molecule has 0 bridgehead atoms. The fourth-order valence-electron chi connectivity index (χ4n) is 3.24. The summed E-state index contributed by atoms with van der Waals surface area (Å²) in [5.74, 6) is -4.09. The van der Waals surface area contributed by atoms with E-state index in [-0.39, 0.29) is 16.4 Å². The molecule has 1 atom stereocenters. The smallest absolute Gasteiger partial charge is 0.333 e. The van der Waals surface area contributed by atoms with Crippen molar-refractivity contribution in [1.82, 2.24) is 14.9 Å². The van der Waals surface area contributed by atoms with E-state index < -0.39 is 35.6 Å². The van der Waals surface area contributed by atoms with E-state index in [1.807, 2.05) is 32.9 Å². The molecule has 1 heterocycles. The third-order valence-corrected chi connectivity index (χ3v) is 5.13. The quantitative estimate of drug-likeness (QED) is 0.665. The van der Waals surface area contributed by atoms with E-state index in [2.05, 4.69) is 10.3 Å². The second-order valence-electron chi connectivity index (χ2n) is 8.41. The molecule has 3 aromatic rings. The van der Waals surface area contributed by atoms with Crippen LogP contribution in [0.5, 0.6) is 0 Å². The zero-order valence-electron chi connectivity index (χ0n) is 17.2. The predicted molar refractivity (Wildman–Crippen MR) is 108 cm³/mol. The van der Waals surface area contributed by atoms with Crippen molar-refractivity contribution in [3.8, 4) is 0 Å². The van der Waals surface area contributed by atoms with Crippen molar-refractivity contribution in [2.24, 2.45) is 0 Å². The minimum atomic E-state index is -1.70. The highest BCUT2D eigenvalue weighted by Crippen LogP contribution is 2.27. The molecule has 3 rings (SSSR count). The van der Waals surface area contributed by atoms with Crippen LogP contribution in [0.25, 0.3) is 11.0 Å². The number of carboxylic acid groups (broad SMARTS) is 1. The lowest BCUT2D eigenvalue weighted by Crippen LogP contribution is -2.50. The van der Waals surface area contributed by atoms with Crippen LogP contribution >= 0.6 is 0 Å². The van der Waals surface area contributed by atoms with Gasteiger partial charge in [0.05, 0.1) is 11.8 Å². The number of rotatable bonds is 5. The molecule has 6 nitrogen and oxygen atoms in total. The van der Waals surface area contributed by atoms with Crippen molar-refractivity contribution >= 4 is 22.9 Å². The lowest BCUT2D eigenvalue weighted by molar-refractivity contribution is -0.147. The van der Waals surface area contributed by atoms with Crippen LogP contribution in [0, 0.1) is 11.6 Å². The molecule has 1 amide bonds. The minimum absolute atomic E-state index is 0.108. The number of aliphatic carboxylic acids is 1. The van der Waals surface area contributed by atoms with Crippen molar-refractivity contribution in [3.05, 3.63) is 65.5 Å². The van der Waals surface area contributed by atoms with E-state index in [0.29, 0.717) is 5.56 Å². The highest BCUT2D eigenvalue weighted by atomic mass is 19.2. The summed E-state index contributed by atoms with van der Waals surface area (Å²) in [5.41, 5.74) is -0.356. The van der Waals surface area contributed by atoms with Crippen LogP contribution < -0.4 is 5.32 Å². The number of nitrogens with zero attached hydrogens (tertiary/aromatic N) is 2. The number of nitrogens with one attached hydrogen (secondary N) is 1. The highest BCUT2D eigenvalue weighted by molar-refractivity contribution is 5.88. The summed E-state index contributed by atoms with van der Waals surface area (Å²) < 4.78 is 28.9. The molecule has 0 aliphatic heterocycles. The van der Waals surface area contributed by atoms with Crippen LogP contribution in [0.2, 0.25) is 0 Å². The lowest BCUT2D eigenvalue weighted by Gasteiger charge is -2.28. The van der Waals surface area contributed by atoms with Gasteiger partial charge in [-0.25, -0.2) is 18.6 Å². The summed E-state index contributed by atoms with van der Waals surface area (Å²) >= 11 is 0. The number of carbonyl (C=O) groups is 2. The van der Waals surface area contributed by atoms with Gasteiger partial charge in [-0.05, 0) is 35.6 Å². The average Bonchev–Trinajstić information content (AvgIpc) is 3.07. The van der Waals surface area contributed by atoms with Gasteiger partial charge in [0.25, 0.3) is 0 Å². The Morgan fingerprint density at radius 2 is 1.63 bits per heavy atom. The second kappa shape index (κ2) is 7.51. The summed E-state index contributed by atoms with van der Waals surface area (Å²) in [6.07, 6.45) is 1.21. The normalized spacial score (nSPS) is 13.8. The van der Waals surface area contributed by atoms with E-state index in [9.17, 15) is 23.5 Å². The first kappa shape index (κ1) is 21.4. The number of hydrogen-bond acceptors (Lipinski definition) is 3. The Morgan fingerprint density at radius 1 is 1.03 bits per heavy atom. The molecule has 2 aromatic carbocycles. The average molecular weight is 415 g/mol. The van der Waals surface area contributed by atoms with Crippen LogP contribution in [-0.2, 0) is 27.1 Å². The molecule has 0 saturated carbocycles. The van der Waals surface area contributed by atoms with Gasteiger partial charge in [0.2, 0.25) is 5.91 Å². The molecule has 0 aliphatic rings. The summed E-state index contributed by atoms with van der Waals surface area (Å²) in [4.78, 5) is 28.6. The van der Waals surface area contributed by atoms with Crippen LogP contribution in [0.3, 0.4) is 0 Å². The number of carbonyl (C=O) groups excluding carboxylic acids is 1. The standard InChI is InChI=1S/C22H23F2N3O3/c1-21(2,3)13-5-7-14(8-6-13)22(4,20(29)30)26-17(28)11-27-12-25-16-10-9-15(23)18(24)19(16)27/h5-10,12H,11H2,1-4H3,(H,26,28)(H,29,30). The van der Waals surface area contributed by atoms with Gasteiger partial charge in [0.1, 0.15) is 12.1 Å². The summed E-state index contributed by atoms with van der Waals surface area (Å²) in [6.45, 7) is 7.08. The molecule has 0 saturated heterocycles. The molecule has 2 N–H and O–H groups in total. The first-order valence-corrected chi connectivity index (χ1v) is 9.38. The van der Waals surface area contributed by atoms with Gasteiger partial charge in [-0.15, -0.1) is 0 Å². The Hall–Kier alpha value is -3.29. The van der Waals surface area contributed by atoms with E-state index in [4.69, 9.17) is 0 Å². The zero-order chi connectivity index (χ0) is 22.3. The second-order valence-corrected chi connectivity index (χ2v) is 8.41. The van der Waals surface area contributed by atoms with E-state index >= 15 is 0 Å². The summed E-state index contributed by atoms with van der Waals surface area (Å²) in [6, 6.07) is 9.24. The number of aromatic nitrogens is 2. The Morgan fingerprint density at radius 3 is 2.20 bits per heavy atom. The zero-order valence-corrected chi connectivity index (χ0v) is 17.2.